The summed E-state index contributed by atoms with van der Waals surface area (Å²) in [4.78, 5) is 16.5. The van der Waals surface area contributed by atoms with Crippen LogP contribution in [-0.2, 0) is 19.0 Å². The second kappa shape index (κ2) is 7.25. The topological polar surface area (TPSA) is 51.2 Å². The van der Waals surface area contributed by atoms with Crippen LogP contribution in [0.2, 0.25) is 0 Å². The van der Waals surface area contributed by atoms with E-state index >= 15 is 0 Å². The SMILES string of the molecule is COCC(=O)N1CCCC2(CC(CN3CCOCC3)CO2)C1. The second-order valence-corrected chi connectivity index (χ2v) is 6.83. The van der Waals surface area contributed by atoms with E-state index in [9.17, 15) is 4.79 Å². The van der Waals surface area contributed by atoms with Gasteiger partial charge in [0.15, 0.2) is 0 Å². The molecule has 3 heterocycles. The molecule has 0 radical (unpaired) electrons. The number of hydrogen-bond acceptors (Lipinski definition) is 5. The van der Waals surface area contributed by atoms with Crippen LogP contribution in [0, 0.1) is 5.92 Å². The molecule has 3 fully saturated rings. The Hall–Kier alpha value is -0.690. The number of ether oxygens (including phenoxy) is 3. The summed E-state index contributed by atoms with van der Waals surface area (Å²) in [6.45, 7) is 7.41. The van der Waals surface area contributed by atoms with Crippen molar-refractivity contribution < 1.29 is 19.0 Å². The first-order valence-corrected chi connectivity index (χ1v) is 8.41. The van der Waals surface area contributed by atoms with Gasteiger partial charge in [-0.05, 0) is 25.2 Å². The maximum absolute atomic E-state index is 12.1. The molecule has 0 aliphatic carbocycles. The molecule has 6 nitrogen and oxygen atoms in total. The molecule has 126 valence electrons. The van der Waals surface area contributed by atoms with Crippen molar-refractivity contribution in [1.29, 1.82) is 0 Å². The molecule has 3 rings (SSSR count). The number of methoxy groups -OCH3 is 1. The van der Waals surface area contributed by atoms with Gasteiger partial charge in [-0.1, -0.05) is 0 Å². The number of carbonyl (C=O) groups is 1. The molecule has 0 saturated carbocycles. The quantitative estimate of drug-likeness (QED) is 0.750. The van der Waals surface area contributed by atoms with Crippen LogP contribution in [0.1, 0.15) is 19.3 Å². The summed E-state index contributed by atoms with van der Waals surface area (Å²) in [6, 6.07) is 0. The lowest BCUT2D eigenvalue weighted by molar-refractivity contribution is -0.143. The van der Waals surface area contributed by atoms with E-state index in [4.69, 9.17) is 14.2 Å². The molecule has 0 aromatic heterocycles. The fourth-order valence-corrected chi connectivity index (χ4v) is 4.01. The summed E-state index contributed by atoms with van der Waals surface area (Å²) in [6.07, 6.45) is 3.17. The van der Waals surface area contributed by atoms with Crippen LogP contribution in [0.25, 0.3) is 0 Å². The zero-order chi connectivity index (χ0) is 15.4. The van der Waals surface area contributed by atoms with Crippen molar-refractivity contribution in [3.05, 3.63) is 0 Å². The van der Waals surface area contributed by atoms with Crippen LogP contribution in [0.15, 0.2) is 0 Å². The lowest BCUT2D eigenvalue weighted by atomic mass is 9.86. The van der Waals surface area contributed by atoms with E-state index < -0.39 is 0 Å². The van der Waals surface area contributed by atoms with Gasteiger partial charge in [-0.3, -0.25) is 9.69 Å². The standard InChI is InChI=1S/C16H28N2O4/c1-20-12-15(19)18-4-2-3-16(13-18)9-14(11-22-16)10-17-5-7-21-8-6-17/h14H,2-13H2,1H3. The van der Waals surface area contributed by atoms with Gasteiger partial charge in [0.2, 0.25) is 5.91 Å². The Morgan fingerprint density at radius 1 is 1.32 bits per heavy atom. The molecular formula is C16H28N2O4. The number of rotatable bonds is 4. The van der Waals surface area contributed by atoms with Crippen LogP contribution in [0.5, 0.6) is 0 Å². The molecule has 1 amide bonds. The maximum Gasteiger partial charge on any atom is 0.248 e. The molecule has 2 unspecified atom stereocenters. The van der Waals surface area contributed by atoms with Crippen molar-refractivity contribution in [3.63, 3.8) is 0 Å². The average Bonchev–Trinajstić information content (AvgIpc) is 2.90. The van der Waals surface area contributed by atoms with Gasteiger partial charge in [0, 0.05) is 39.8 Å². The van der Waals surface area contributed by atoms with E-state index in [0.717, 1.165) is 71.8 Å². The van der Waals surface area contributed by atoms with Gasteiger partial charge in [0.1, 0.15) is 6.61 Å². The van der Waals surface area contributed by atoms with E-state index in [2.05, 4.69) is 4.90 Å². The van der Waals surface area contributed by atoms with Crippen molar-refractivity contribution in [3.8, 4) is 0 Å². The summed E-state index contributed by atoms with van der Waals surface area (Å²) in [7, 11) is 1.57. The number of carbonyl (C=O) groups excluding carboxylic acids is 1. The van der Waals surface area contributed by atoms with E-state index in [1.807, 2.05) is 4.90 Å². The highest BCUT2D eigenvalue weighted by atomic mass is 16.5. The Kier molecular flexibility index (Phi) is 5.33. The largest absolute Gasteiger partial charge is 0.379 e. The normalized spacial score (nSPS) is 33.5. The van der Waals surface area contributed by atoms with Crippen molar-refractivity contribution >= 4 is 5.91 Å². The van der Waals surface area contributed by atoms with Crippen LogP contribution in [-0.4, -0.2) is 87.6 Å². The number of amides is 1. The molecule has 1 spiro atoms. The average molecular weight is 312 g/mol. The van der Waals surface area contributed by atoms with Crippen LogP contribution in [0.3, 0.4) is 0 Å². The molecule has 0 aromatic carbocycles. The maximum atomic E-state index is 12.1. The third-order valence-electron chi connectivity index (χ3n) is 5.07. The lowest BCUT2D eigenvalue weighted by Gasteiger charge is -2.40. The molecule has 0 bridgehead atoms. The number of nitrogens with zero attached hydrogens (tertiary/aromatic N) is 2. The van der Waals surface area contributed by atoms with Crippen LogP contribution in [0.4, 0.5) is 0 Å². The Morgan fingerprint density at radius 3 is 2.91 bits per heavy atom. The molecule has 3 aliphatic heterocycles. The minimum absolute atomic E-state index is 0.0850. The van der Waals surface area contributed by atoms with E-state index in [0.29, 0.717) is 5.92 Å². The zero-order valence-corrected chi connectivity index (χ0v) is 13.6. The van der Waals surface area contributed by atoms with Crippen LogP contribution >= 0.6 is 0 Å². The van der Waals surface area contributed by atoms with Crippen molar-refractivity contribution in [2.24, 2.45) is 5.92 Å². The number of likely N-dealkylation sites (tertiary alicyclic amines) is 1. The monoisotopic (exact) mass is 312 g/mol. The molecule has 0 aromatic rings. The highest BCUT2D eigenvalue weighted by Crippen LogP contribution is 2.37. The Labute approximate surface area is 132 Å². The number of piperidine rings is 1. The zero-order valence-electron chi connectivity index (χ0n) is 13.6. The van der Waals surface area contributed by atoms with Gasteiger partial charge in [0.25, 0.3) is 0 Å². The highest BCUT2D eigenvalue weighted by Gasteiger charge is 2.44. The van der Waals surface area contributed by atoms with E-state index in [-0.39, 0.29) is 18.1 Å². The van der Waals surface area contributed by atoms with Crippen molar-refractivity contribution in [2.75, 3.05) is 66.3 Å². The second-order valence-electron chi connectivity index (χ2n) is 6.83. The summed E-state index contributed by atoms with van der Waals surface area (Å²) >= 11 is 0. The Morgan fingerprint density at radius 2 is 2.14 bits per heavy atom. The third kappa shape index (κ3) is 3.79. The smallest absolute Gasteiger partial charge is 0.248 e. The minimum atomic E-state index is -0.112. The fourth-order valence-electron chi connectivity index (χ4n) is 4.01. The molecule has 2 atom stereocenters. The predicted octanol–water partition coefficient (Wildman–Crippen LogP) is 0.363. The Bertz CT molecular complexity index is 386. The summed E-state index contributed by atoms with van der Waals surface area (Å²) < 4.78 is 16.6. The van der Waals surface area contributed by atoms with Crippen molar-refractivity contribution in [1.82, 2.24) is 9.80 Å². The summed E-state index contributed by atoms with van der Waals surface area (Å²) in [5.41, 5.74) is -0.112. The van der Waals surface area contributed by atoms with Gasteiger partial charge in [-0.25, -0.2) is 0 Å². The van der Waals surface area contributed by atoms with Gasteiger partial charge in [0.05, 0.1) is 25.4 Å². The van der Waals surface area contributed by atoms with Crippen molar-refractivity contribution in [2.45, 2.75) is 24.9 Å². The molecule has 3 aliphatic rings. The minimum Gasteiger partial charge on any atom is -0.379 e. The number of morpholine rings is 1. The van der Waals surface area contributed by atoms with Gasteiger partial charge in [-0.15, -0.1) is 0 Å². The summed E-state index contributed by atoms with van der Waals surface area (Å²) in [5, 5.41) is 0. The summed E-state index contributed by atoms with van der Waals surface area (Å²) in [5.74, 6) is 0.664. The fraction of sp³-hybridized carbons (Fsp3) is 0.938. The third-order valence-corrected chi connectivity index (χ3v) is 5.07. The van der Waals surface area contributed by atoms with Crippen LogP contribution < -0.4 is 0 Å². The predicted molar refractivity (Wildman–Crippen MR) is 81.7 cm³/mol. The van der Waals surface area contributed by atoms with Gasteiger partial charge >= 0.3 is 0 Å². The van der Waals surface area contributed by atoms with E-state index in [1.54, 1.807) is 7.11 Å². The Balaban J connectivity index is 1.52. The first-order valence-electron chi connectivity index (χ1n) is 8.41. The first-order chi connectivity index (χ1) is 10.7. The first kappa shape index (κ1) is 16.2. The molecule has 6 heteroatoms. The van der Waals surface area contributed by atoms with E-state index in [1.165, 1.54) is 0 Å². The lowest BCUT2D eigenvalue weighted by Crippen LogP contribution is -2.51. The van der Waals surface area contributed by atoms with Gasteiger partial charge < -0.3 is 19.1 Å². The molecule has 3 saturated heterocycles. The molecular weight excluding hydrogens is 284 g/mol. The molecule has 0 N–H and O–H groups in total. The molecule has 22 heavy (non-hydrogen) atoms. The highest BCUT2D eigenvalue weighted by molar-refractivity contribution is 5.77. The van der Waals surface area contributed by atoms with Gasteiger partial charge in [-0.2, -0.15) is 0 Å². The number of hydrogen-bond donors (Lipinski definition) is 0.